The number of aryl methyl sites for hydroxylation is 2. The Bertz CT molecular complexity index is 515. The van der Waals surface area contributed by atoms with Gasteiger partial charge in [-0.05, 0) is 19.9 Å². The van der Waals surface area contributed by atoms with Crippen molar-refractivity contribution in [3.8, 4) is 0 Å². The van der Waals surface area contributed by atoms with E-state index < -0.39 is 5.91 Å². The van der Waals surface area contributed by atoms with Crippen LogP contribution in [0.4, 0.5) is 0 Å². The zero-order valence-electron chi connectivity index (χ0n) is 7.98. The van der Waals surface area contributed by atoms with Crippen molar-refractivity contribution in [2.24, 2.45) is 5.73 Å². The second-order valence-corrected chi connectivity index (χ2v) is 3.19. The van der Waals surface area contributed by atoms with Crippen LogP contribution in [0.3, 0.4) is 0 Å². The van der Waals surface area contributed by atoms with Gasteiger partial charge in [0.2, 0.25) is 0 Å². The van der Waals surface area contributed by atoms with Gasteiger partial charge in [0, 0.05) is 0 Å². The Morgan fingerprint density at radius 1 is 1.50 bits per heavy atom. The summed E-state index contributed by atoms with van der Waals surface area (Å²) >= 11 is 0. The van der Waals surface area contributed by atoms with E-state index in [2.05, 4.69) is 10.1 Å². The van der Waals surface area contributed by atoms with E-state index in [0.29, 0.717) is 0 Å². The molecule has 5 nitrogen and oxygen atoms in total. The van der Waals surface area contributed by atoms with Crippen LogP contribution in [-0.4, -0.2) is 20.5 Å². The molecule has 2 rings (SSSR count). The van der Waals surface area contributed by atoms with Crippen LogP contribution in [0.1, 0.15) is 21.9 Å². The molecule has 0 aliphatic rings. The highest BCUT2D eigenvalue weighted by Gasteiger charge is 2.09. The minimum absolute atomic E-state index is 0.264. The summed E-state index contributed by atoms with van der Waals surface area (Å²) in [6, 6.07) is 1.64. The zero-order valence-corrected chi connectivity index (χ0v) is 7.98. The standard InChI is InChI=1S/C9H10N4O/c1-5-4-13-8(6(2)11-5)3-7(12-13)9(10)14/h3-4H,1-2H3,(H2,10,14). The van der Waals surface area contributed by atoms with Gasteiger partial charge in [-0.25, -0.2) is 4.52 Å². The molecule has 2 N–H and O–H groups in total. The van der Waals surface area contributed by atoms with Crippen LogP contribution >= 0.6 is 0 Å². The predicted molar refractivity (Wildman–Crippen MR) is 51.0 cm³/mol. The molecule has 2 aromatic rings. The number of amides is 1. The van der Waals surface area contributed by atoms with E-state index in [1.54, 1.807) is 16.8 Å². The van der Waals surface area contributed by atoms with E-state index in [4.69, 9.17) is 5.73 Å². The molecule has 2 heterocycles. The van der Waals surface area contributed by atoms with Crippen LogP contribution in [0, 0.1) is 13.8 Å². The zero-order chi connectivity index (χ0) is 10.3. The van der Waals surface area contributed by atoms with Gasteiger partial charge < -0.3 is 5.73 Å². The monoisotopic (exact) mass is 190 g/mol. The lowest BCUT2D eigenvalue weighted by molar-refractivity contribution is 0.0995. The molecule has 72 valence electrons. The number of fused-ring (bicyclic) bond motifs is 1. The van der Waals surface area contributed by atoms with Gasteiger partial charge in [0.05, 0.1) is 23.1 Å². The predicted octanol–water partition coefficient (Wildman–Crippen LogP) is 0.445. The number of rotatable bonds is 1. The van der Waals surface area contributed by atoms with Crippen LogP contribution in [0.2, 0.25) is 0 Å². The van der Waals surface area contributed by atoms with Crippen LogP contribution in [0.15, 0.2) is 12.3 Å². The van der Waals surface area contributed by atoms with Gasteiger partial charge in [-0.15, -0.1) is 0 Å². The highest BCUT2D eigenvalue weighted by atomic mass is 16.1. The minimum Gasteiger partial charge on any atom is -0.364 e. The topological polar surface area (TPSA) is 73.3 Å². The van der Waals surface area contributed by atoms with Crippen LogP contribution in [0.5, 0.6) is 0 Å². The summed E-state index contributed by atoms with van der Waals surface area (Å²) < 4.78 is 1.62. The third kappa shape index (κ3) is 1.22. The lowest BCUT2D eigenvalue weighted by atomic mass is 10.3. The first-order valence-electron chi connectivity index (χ1n) is 4.21. The van der Waals surface area contributed by atoms with E-state index in [1.807, 2.05) is 13.8 Å². The molecular formula is C9H10N4O. The maximum Gasteiger partial charge on any atom is 0.269 e. The van der Waals surface area contributed by atoms with Crippen LogP contribution in [-0.2, 0) is 0 Å². The van der Waals surface area contributed by atoms with E-state index in [1.165, 1.54) is 0 Å². The lowest BCUT2D eigenvalue weighted by Crippen LogP contribution is -2.11. The summed E-state index contributed by atoms with van der Waals surface area (Å²) in [4.78, 5) is 15.2. The van der Waals surface area contributed by atoms with E-state index >= 15 is 0 Å². The molecule has 5 heteroatoms. The van der Waals surface area contributed by atoms with Crippen molar-refractivity contribution in [3.05, 3.63) is 29.3 Å². The Morgan fingerprint density at radius 2 is 2.21 bits per heavy atom. The molecule has 0 aliphatic heterocycles. The molecule has 2 aromatic heterocycles. The molecular weight excluding hydrogens is 180 g/mol. The van der Waals surface area contributed by atoms with E-state index in [0.717, 1.165) is 16.9 Å². The average molecular weight is 190 g/mol. The minimum atomic E-state index is -0.522. The van der Waals surface area contributed by atoms with Crippen molar-refractivity contribution in [1.82, 2.24) is 14.6 Å². The Balaban J connectivity index is 2.76. The number of primary amides is 1. The number of aromatic nitrogens is 3. The summed E-state index contributed by atoms with van der Waals surface area (Å²) in [5.41, 5.74) is 7.90. The molecule has 0 aromatic carbocycles. The molecule has 1 amide bonds. The number of carbonyl (C=O) groups excluding carboxylic acids is 1. The van der Waals surface area contributed by atoms with Crippen molar-refractivity contribution in [2.45, 2.75) is 13.8 Å². The molecule has 14 heavy (non-hydrogen) atoms. The Morgan fingerprint density at radius 3 is 2.86 bits per heavy atom. The summed E-state index contributed by atoms with van der Waals surface area (Å²) in [6.07, 6.45) is 1.76. The lowest BCUT2D eigenvalue weighted by Gasteiger charge is -1.98. The van der Waals surface area contributed by atoms with Gasteiger partial charge in [0.1, 0.15) is 0 Å². The van der Waals surface area contributed by atoms with Crippen molar-refractivity contribution >= 4 is 11.4 Å². The third-order valence-corrected chi connectivity index (χ3v) is 2.01. The first-order valence-corrected chi connectivity index (χ1v) is 4.21. The van der Waals surface area contributed by atoms with E-state index in [-0.39, 0.29) is 5.69 Å². The van der Waals surface area contributed by atoms with Crippen LogP contribution < -0.4 is 5.73 Å². The fourth-order valence-electron chi connectivity index (χ4n) is 1.41. The summed E-state index contributed by atoms with van der Waals surface area (Å²) in [5.74, 6) is -0.522. The summed E-state index contributed by atoms with van der Waals surface area (Å²) in [7, 11) is 0. The highest BCUT2D eigenvalue weighted by molar-refractivity contribution is 5.92. The molecule has 0 spiro atoms. The van der Waals surface area contributed by atoms with Gasteiger partial charge in [0.15, 0.2) is 5.69 Å². The second kappa shape index (κ2) is 2.80. The molecule has 0 atom stereocenters. The Hall–Kier alpha value is -1.91. The quantitative estimate of drug-likeness (QED) is 0.709. The van der Waals surface area contributed by atoms with Gasteiger partial charge in [-0.1, -0.05) is 0 Å². The van der Waals surface area contributed by atoms with Crippen molar-refractivity contribution in [2.75, 3.05) is 0 Å². The first-order chi connectivity index (χ1) is 6.58. The number of nitrogens with two attached hydrogens (primary N) is 1. The van der Waals surface area contributed by atoms with E-state index in [9.17, 15) is 4.79 Å². The fraction of sp³-hybridized carbons (Fsp3) is 0.222. The summed E-state index contributed by atoms with van der Waals surface area (Å²) in [5, 5.41) is 4.04. The second-order valence-electron chi connectivity index (χ2n) is 3.19. The highest BCUT2D eigenvalue weighted by Crippen LogP contribution is 2.10. The number of nitrogens with zero attached hydrogens (tertiary/aromatic N) is 3. The fourth-order valence-corrected chi connectivity index (χ4v) is 1.41. The summed E-state index contributed by atoms with van der Waals surface area (Å²) in [6.45, 7) is 3.74. The van der Waals surface area contributed by atoms with Gasteiger partial charge >= 0.3 is 0 Å². The van der Waals surface area contributed by atoms with Gasteiger partial charge in [-0.2, -0.15) is 5.10 Å². The Labute approximate surface area is 80.6 Å². The number of carbonyl (C=O) groups is 1. The van der Waals surface area contributed by atoms with Gasteiger partial charge in [-0.3, -0.25) is 9.78 Å². The first kappa shape index (κ1) is 8.68. The molecule has 0 unspecified atom stereocenters. The maximum atomic E-state index is 10.9. The van der Waals surface area contributed by atoms with Crippen molar-refractivity contribution in [1.29, 1.82) is 0 Å². The largest absolute Gasteiger partial charge is 0.364 e. The smallest absolute Gasteiger partial charge is 0.269 e. The molecule has 0 fully saturated rings. The number of hydrogen-bond donors (Lipinski definition) is 1. The third-order valence-electron chi connectivity index (χ3n) is 2.01. The SMILES string of the molecule is Cc1cn2nc(C(N)=O)cc2c(C)n1. The van der Waals surface area contributed by atoms with Crippen molar-refractivity contribution < 1.29 is 4.79 Å². The molecule has 0 radical (unpaired) electrons. The molecule has 0 saturated heterocycles. The molecule has 0 aliphatic carbocycles. The Kier molecular flexibility index (Phi) is 1.73. The molecule has 0 bridgehead atoms. The van der Waals surface area contributed by atoms with Crippen LogP contribution in [0.25, 0.3) is 5.52 Å². The van der Waals surface area contributed by atoms with Crippen molar-refractivity contribution in [3.63, 3.8) is 0 Å². The maximum absolute atomic E-state index is 10.9. The average Bonchev–Trinajstić information content (AvgIpc) is 2.47. The van der Waals surface area contributed by atoms with Gasteiger partial charge in [0.25, 0.3) is 5.91 Å². The molecule has 0 saturated carbocycles. The number of hydrogen-bond acceptors (Lipinski definition) is 3. The normalized spacial score (nSPS) is 10.7.